The Bertz CT molecular complexity index is 310. The van der Waals surface area contributed by atoms with Gasteiger partial charge in [-0.25, -0.2) is 0 Å². The molecule has 0 aromatic heterocycles. The molecule has 0 aliphatic rings. The Morgan fingerprint density at radius 3 is 1.71 bits per heavy atom. The van der Waals surface area contributed by atoms with E-state index in [1.165, 1.54) is 0 Å². The zero-order chi connectivity index (χ0) is 18.7. The molecule has 5 nitrogen and oxygen atoms in total. The first-order valence-electron chi connectivity index (χ1n) is 9.34. The van der Waals surface area contributed by atoms with Crippen molar-refractivity contribution in [1.82, 2.24) is 0 Å². The third-order valence-corrected chi connectivity index (χ3v) is 9.56. The molecule has 0 amide bonds. The minimum absolute atomic E-state index is 0.0124. The molecule has 0 atom stereocenters. The SMILES string of the molecule is CCCC(CCO[Si](C)(C)C(C)(C)C)(COCCN)COCCN. The molecule has 0 spiro atoms. The van der Waals surface area contributed by atoms with Gasteiger partial charge in [-0.15, -0.1) is 0 Å². The van der Waals surface area contributed by atoms with E-state index in [1.54, 1.807) is 0 Å². The predicted molar refractivity (Wildman–Crippen MR) is 105 cm³/mol. The average Bonchev–Trinajstić information content (AvgIpc) is 2.46. The Labute approximate surface area is 150 Å². The van der Waals surface area contributed by atoms with Gasteiger partial charge in [0.25, 0.3) is 0 Å². The molecule has 0 saturated heterocycles. The molecular formula is C18H42N2O3Si. The maximum Gasteiger partial charge on any atom is 0.191 e. The molecule has 24 heavy (non-hydrogen) atoms. The monoisotopic (exact) mass is 362 g/mol. The van der Waals surface area contributed by atoms with Gasteiger partial charge in [-0.3, -0.25) is 0 Å². The Kier molecular flexibility index (Phi) is 11.6. The van der Waals surface area contributed by atoms with Crippen LogP contribution in [0.1, 0.15) is 47.0 Å². The van der Waals surface area contributed by atoms with Crippen LogP contribution in [0.5, 0.6) is 0 Å². The Morgan fingerprint density at radius 2 is 1.33 bits per heavy atom. The van der Waals surface area contributed by atoms with E-state index in [0.717, 1.165) is 25.9 Å². The molecule has 0 saturated carbocycles. The van der Waals surface area contributed by atoms with Crippen molar-refractivity contribution < 1.29 is 13.9 Å². The van der Waals surface area contributed by atoms with E-state index >= 15 is 0 Å². The van der Waals surface area contributed by atoms with Crippen molar-refractivity contribution in [2.24, 2.45) is 16.9 Å². The fourth-order valence-electron chi connectivity index (χ4n) is 2.47. The van der Waals surface area contributed by atoms with E-state index in [-0.39, 0.29) is 10.5 Å². The molecule has 0 heterocycles. The molecular weight excluding hydrogens is 320 g/mol. The molecule has 6 heteroatoms. The van der Waals surface area contributed by atoms with Gasteiger partial charge in [0.1, 0.15) is 0 Å². The molecule has 0 aromatic carbocycles. The highest BCUT2D eigenvalue weighted by molar-refractivity contribution is 6.74. The van der Waals surface area contributed by atoms with Crippen molar-refractivity contribution in [3.8, 4) is 0 Å². The van der Waals surface area contributed by atoms with E-state index in [9.17, 15) is 0 Å². The van der Waals surface area contributed by atoms with Crippen molar-refractivity contribution in [1.29, 1.82) is 0 Å². The summed E-state index contributed by atoms with van der Waals surface area (Å²) in [5.74, 6) is 0. The molecule has 0 unspecified atom stereocenters. The first kappa shape index (κ1) is 24.0. The summed E-state index contributed by atoms with van der Waals surface area (Å²) in [6.45, 7) is 18.0. The number of hydrogen-bond acceptors (Lipinski definition) is 5. The summed E-state index contributed by atoms with van der Waals surface area (Å²) in [5.41, 5.74) is 11.1. The Balaban J connectivity index is 4.81. The highest BCUT2D eigenvalue weighted by atomic mass is 28.4. The van der Waals surface area contributed by atoms with Gasteiger partial charge in [0.05, 0.1) is 26.4 Å². The van der Waals surface area contributed by atoms with Crippen LogP contribution < -0.4 is 11.5 Å². The van der Waals surface area contributed by atoms with Gasteiger partial charge in [-0.2, -0.15) is 0 Å². The van der Waals surface area contributed by atoms with Crippen LogP contribution in [0.2, 0.25) is 18.1 Å². The third-order valence-electron chi connectivity index (χ3n) is 5.02. The molecule has 0 fully saturated rings. The maximum absolute atomic E-state index is 6.39. The Hall–Kier alpha value is 0.0169. The van der Waals surface area contributed by atoms with Gasteiger partial charge >= 0.3 is 0 Å². The molecule has 146 valence electrons. The van der Waals surface area contributed by atoms with E-state index in [1.807, 2.05) is 0 Å². The van der Waals surface area contributed by atoms with Crippen LogP contribution in [-0.2, 0) is 13.9 Å². The minimum atomic E-state index is -1.73. The molecule has 4 N–H and O–H groups in total. The zero-order valence-electron chi connectivity index (χ0n) is 17.0. The second-order valence-corrected chi connectivity index (χ2v) is 13.1. The summed E-state index contributed by atoms with van der Waals surface area (Å²) in [6.07, 6.45) is 3.10. The first-order valence-corrected chi connectivity index (χ1v) is 12.2. The number of ether oxygens (including phenoxy) is 2. The second-order valence-electron chi connectivity index (χ2n) is 8.29. The lowest BCUT2D eigenvalue weighted by Crippen LogP contribution is -2.42. The first-order chi connectivity index (χ1) is 11.1. The van der Waals surface area contributed by atoms with Crippen LogP contribution in [0, 0.1) is 5.41 Å². The highest BCUT2D eigenvalue weighted by Crippen LogP contribution is 2.37. The van der Waals surface area contributed by atoms with Gasteiger partial charge < -0.3 is 25.4 Å². The largest absolute Gasteiger partial charge is 0.417 e. The summed E-state index contributed by atoms with van der Waals surface area (Å²) in [6, 6.07) is 0. The van der Waals surface area contributed by atoms with Crippen molar-refractivity contribution in [2.75, 3.05) is 46.1 Å². The predicted octanol–water partition coefficient (Wildman–Crippen LogP) is 3.14. The van der Waals surface area contributed by atoms with Crippen molar-refractivity contribution in [3.05, 3.63) is 0 Å². The number of hydrogen-bond donors (Lipinski definition) is 2. The van der Waals surface area contributed by atoms with Crippen molar-refractivity contribution in [2.45, 2.75) is 65.1 Å². The van der Waals surface area contributed by atoms with Gasteiger partial charge in [-0.1, -0.05) is 34.1 Å². The van der Waals surface area contributed by atoms with Crippen molar-refractivity contribution >= 4 is 8.32 Å². The molecule has 0 aliphatic carbocycles. The maximum atomic E-state index is 6.39. The lowest BCUT2D eigenvalue weighted by molar-refractivity contribution is -0.0356. The van der Waals surface area contributed by atoms with Crippen LogP contribution >= 0.6 is 0 Å². The number of nitrogens with two attached hydrogens (primary N) is 2. The third kappa shape index (κ3) is 8.92. The summed E-state index contributed by atoms with van der Waals surface area (Å²) in [4.78, 5) is 0. The topological polar surface area (TPSA) is 79.7 Å². The minimum Gasteiger partial charge on any atom is -0.417 e. The number of rotatable bonds is 14. The van der Waals surface area contributed by atoms with E-state index in [4.69, 9.17) is 25.4 Å². The molecule has 0 rings (SSSR count). The van der Waals surface area contributed by atoms with Crippen LogP contribution in [0.4, 0.5) is 0 Å². The van der Waals surface area contributed by atoms with Crippen LogP contribution in [0.25, 0.3) is 0 Å². The summed E-state index contributed by atoms with van der Waals surface area (Å²) in [7, 11) is -1.73. The normalized spacial score (nSPS) is 13.5. The van der Waals surface area contributed by atoms with Gasteiger partial charge in [-0.05, 0) is 31.0 Å². The van der Waals surface area contributed by atoms with Crippen LogP contribution in [0.3, 0.4) is 0 Å². The van der Waals surface area contributed by atoms with E-state index < -0.39 is 8.32 Å². The van der Waals surface area contributed by atoms with Crippen LogP contribution in [0.15, 0.2) is 0 Å². The molecule has 0 aromatic rings. The standard InChI is InChI=1S/C18H42N2O3Si/c1-7-8-18(15-21-13-10-19,16-22-14-11-20)9-12-23-24(5,6)17(2,3)4/h7-16,19-20H2,1-6H3. The molecule has 0 bridgehead atoms. The van der Waals surface area contributed by atoms with Gasteiger partial charge in [0.2, 0.25) is 0 Å². The lowest BCUT2D eigenvalue weighted by Gasteiger charge is -2.38. The molecule has 0 aliphatic heterocycles. The quantitative estimate of drug-likeness (QED) is 0.366. The second kappa shape index (κ2) is 11.6. The van der Waals surface area contributed by atoms with Gasteiger partial charge in [0.15, 0.2) is 8.32 Å². The van der Waals surface area contributed by atoms with E-state index in [2.05, 4.69) is 40.8 Å². The summed E-state index contributed by atoms with van der Waals surface area (Å²) >= 11 is 0. The van der Waals surface area contributed by atoms with Crippen molar-refractivity contribution in [3.63, 3.8) is 0 Å². The summed E-state index contributed by atoms with van der Waals surface area (Å²) in [5, 5.41) is 0.229. The lowest BCUT2D eigenvalue weighted by atomic mass is 9.82. The average molecular weight is 363 g/mol. The fourth-order valence-corrected chi connectivity index (χ4v) is 3.51. The molecule has 0 radical (unpaired) electrons. The highest BCUT2D eigenvalue weighted by Gasteiger charge is 2.38. The van der Waals surface area contributed by atoms with E-state index in [0.29, 0.717) is 39.5 Å². The smallest absolute Gasteiger partial charge is 0.191 e. The Morgan fingerprint density at radius 1 is 0.833 bits per heavy atom. The van der Waals surface area contributed by atoms with Gasteiger partial charge in [0, 0.05) is 25.1 Å². The summed E-state index contributed by atoms with van der Waals surface area (Å²) < 4.78 is 18.0. The zero-order valence-corrected chi connectivity index (χ0v) is 18.0. The van der Waals surface area contributed by atoms with Crippen LogP contribution in [-0.4, -0.2) is 54.4 Å². The fraction of sp³-hybridized carbons (Fsp3) is 1.00.